The van der Waals surface area contributed by atoms with Gasteiger partial charge < -0.3 is 20.1 Å². The number of Topliss-reactive ketones (excluding diaryl/α,β-unsaturated/α-hetero) is 1. The summed E-state index contributed by atoms with van der Waals surface area (Å²) in [6, 6.07) is 9.11. The molecule has 1 aliphatic heterocycles. The number of aromatic amines is 1. The van der Waals surface area contributed by atoms with Crippen LogP contribution in [0.25, 0.3) is 10.9 Å². The molecule has 2 heterocycles. The Morgan fingerprint density at radius 1 is 1.06 bits per heavy atom. The van der Waals surface area contributed by atoms with E-state index in [1.165, 1.54) is 30.5 Å². The minimum absolute atomic E-state index is 0. The number of piperidine rings is 1. The summed E-state index contributed by atoms with van der Waals surface area (Å²) in [5.74, 6) is -3.18. The molecule has 1 aliphatic rings. The Balaban J connectivity index is 0.00000289. The van der Waals surface area contributed by atoms with Gasteiger partial charge in [-0.05, 0) is 48.9 Å². The molecule has 0 saturated carbocycles. The third kappa shape index (κ3) is 4.49. The van der Waals surface area contributed by atoms with Gasteiger partial charge in [-0.15, -0.1) is 0 Å². The van der Waals surface area contributed by atoms with Crippen LogP contribution in [0.2, 0.25) is 0 Å². The second-order valence-electron chi connectivity index (χ2n) is 7.82. The van der Waals surface area contributed by atoms with Crippen LogP contribution in [0.5, 0.6) is 5.75 Å². The topological polar surface area (TPSA) is 111 Å². The number of H-pyrrole nitrogens is 1. The number of carboxylic acid groups (broad SMARTS) is 1. The van der Waals surface area contributed by atoms with Gasteiger partial charge in [0.15, 0.2) is 0 Å². The summed E-state index contributed by atoms with van der Waals surface area (Å²) in [6.07, 6.45) is 3.62. The zero-order valence-electron chi connectivity index (χ0n) is 16.6. The number of likely N-dealkylation sites (tertiary alicyclic amines) is 1. The number of fused-ring (bicyclic) bond motifs is 1. The number of hydrogen-bond acceptors (Lipinski definition) is 4. The molecule has 0 atom stereocenters. The second kappa shape index (κ2) is 9.21. The van der Waals surface area contributed by atoms with Gasteiger partial charge in [0.2, 0.25) is 0 Å². The summed E-state index contributed by atoms with van der Waals surface area (Å²) < 4.78 is 13.1. The summed E-state index contributed by atoms with van der Waals surface area (Å²) in [5, 5.41) is 19.6. The first-order chi connectivity index (χ1) is 14.8. The largest absolute Gasteiger partial charge is 0.507 e. The number of hydrogen-bond donors (Lipinski definition) is 3. The van der Waals surface area contributed by atoms with E-state index in [4.69, 9.17) is 5.11 Å². The van der Waals surface area contributed by atoms with Crippen molar-refractivity contribution in [2.45, 2.75) is 26.7 Å². The zero-order valence-corrected chi connectivity index (χ0v) is 16.6. The molecule has 0 unspecified atom stereocenters. The number of aliphatic carboxylic acids is 1. The van der Waals surface area contributed by atoms with Crippen LogP contribution in [0.4, 0.5) is 4.39 Å². The molecule has 1 saturated heterocycles. The van der Waals surface area contributed by atoms with Gasteiger partial charge in [-0.2, -0.15) is 0 Å². The lowest BCUT2D eigenvalue weighted by molar-refractivity contribution is -0.131. The standard InChI is InChI=1S/C23H21FN2O5.CH4/c24-15-3-1-13(2-4-15)9-14-5-7-26(8-6-14)22(29)17-10-16-18(21(28)23(30)31)12-25-19(16)11-20(17)27;/h1-4,10-12,14,25,27H,5-9H2,(H,30,31);1H4. The Morgan fingerprint density at radius 3 is 2.34 bits per heavy atom. The normalized spacial score (nSPS) is 14.2. The predicted octanol–water partition coefficient (Wildman–Crippen LogP) is 4.01. The van der Waals surface area contributed by atoms with E-state index in [-0.39, 0.29) is 41.4 Å². The molecule has 1 aromatic heterocycles. The fourth-order valence-electron chi connectivity index (χ4n) is 4.10. The molecule has 7 nitrogen and oxygen atoms in total. The first kappa shape index (κ1) is 23.0. The van der Waals surface area contributed by atoms with Crippen molar-refractivity contribution in [2.75, 3.05) is 13.1 Å². The van der Waals surface area contributed by atoms with E-state index in [9.17, 15) is 23.9 Å². The van der Waals surface area contributed by atoms with Crippen LogP contribution in [-0.2, 0) is 11.2 Å². The molecular weight excluding hydrogens is 415 g/mol. The minimum Gasteiger partial charge on any atom is -0.507 e. The van der Waals surface area contributed by atoms with Crippen molar-refractivity contribution in [2.24, 2.45) is 5.92 Å². The van der Waals surface area contributed by atoms with Crippen LogP contribution in [-0.4, -0.2) is 50.8 Å². The molecule has 32 heavy (non-hydrogen) atoms. The number of rotatable bonds is 5. The van der Waals surface area contributed by atoms with Crippen molar-refractivity contribution in [3.05, 3.63) is 65.1 Å². The smallest absolute Gasteiger partial charge is 0.377 e. The van der Waals surface area contributed by atoms with Gasteiger partial charge in [-0.3, -0.25) is 9.59 Å². The van der Waals surface area contributed by atoms with Crippen molar-refractivity contribution in [3.63, 3.8) is 0 Å². The zero-order chi connectivity index (χ0) is 22.1. The minimum atomic E-state index is -1.59. The summed E-state index contributed by atoms with van der Waals surface area (Å²) >= 11 is 0. The number of nitrogens with one attached hydrogen (secondary N) is 1. The summed E-state index contributed by atoms with van der Waals surface area (Å²) in [6.45, 7) is 1.02. The number of carbonyl (C=O) groups is 3. The average molecular weight is 440 g/mol. The molecule has 1 amide bonds. The first-order valence-electron chi connectivity index (χ1n) is 9.99. The number of benzene rings is 2. The number of carbonyl (C=O) groups excluding carboxylic acids is 2. The highest BCUT2D eigenvalue weighted by atomic mass is 19.1. The maximum Gasteiger partial charge on any atom is 0.377 e. The number of ketones is 1. The second-order valence-corrected chi connectivity index (χ2v) is 7.82. The summed E-state index contributed by atoms with van der Waals surface area (Å²) in [5.41, 5.74) is 1.40. The Labute approximate surface area is 184 Å². The fraction of sp³-hybridized carbons (Fsp3) is 0.292. The van der Waals surface area contributed by atoms with Crippen molar-refractivity contribution in [1.29, 1.82) is 0 Å². The monoisotopic (exact) mass is 440 g/mol. The number of aromatic hydroxyl groups is 1. The maximum atomic E-state index is 13.1. The van der Waals surface area contributed by atoms with Gasteiger partial charge >= 0.3 is 5.97 Å². The van der Waals surface area contributed by atoms with Crippen LogP contribution in [0.1, 0.15) is 46.5 Å². The molecule has 1 fully saturated rings. The Bertz CT molecular complexity index is 1160. The van der Waals surface area contributed by atoms with E-state index in [1.807, 2.05) is 0 Å². The Hall–Kier alpha value is -3.68. The molecular formula is C24H25FN2O5. The lowest BCUT2D eigenvalue weighted by Crippen LogP contribution is -2.39. The maximum absolute atomic E-state index is 13.1. The van der Waals surface area contributed by atoms with E-state index >= 15 is 0 Å². The Kier molecular flexibility index (Phi) is 6.62. The predicted molar refractivity (Wildman–Crippen MR) is 117 cm³/mol. The van der Waals surface area contributed by atoms with Gasteiger partial charge in [0.05, 0.1) is 11.1 Å². The van der Waals surface area contributed by atoms with Crippen LogP contribution >= 0.6 is 0 Å². The van der Waals surface area contributed by atoms with Crippen molar-refractivity contribution < 1.29 is 29.0 Å². The number of aromatic nitrogens is 1. The van der Waals surface area contributed by atoms with E-state index in [1.54, 1.807) is 17.0 Å². The third-order valence-corrected chi connectivity index (χ3v) is 5.81. The number of amides is 1. The number of carboxylic acids is 1. The van der Waals surface area contributed by atoms with Crippen LogP contribution in [0, 0.1) is 11.7 Å². The molecule has 3 aromatic rings. The fourth-order valence-corrected chi connectivity index (χ4v) is 4.10. The number of nitrogens with zero attached hydrogens (tertiary/aromatic N) is 1. The molecule has 0 radical (unpaired) electrons. The molecule has 168 valence electrons. The number of phenolic OH excluding ortho intramolecular Hbond substituents is 1. The van der Waals surface area contributed by atoms with E-state index in [0.29, 0.717) is 24.5 Å². The number of halogens is 1. The summed E-state index contributed by atoms with van der Waals surface area (Å²) in [7, 11) is 0. The SMILES string of the molecule is C.O=C(O)C(=O)c1c[nH]c2cc(O)c(C(=O)N3CCC(Cc4ccc(F)cc4)CC3)cc12. The molecule has 0 bridgehead atoms. The average Bonchev–Trinajstić information content (AvgIpc) is 3.16. The molecule has 8 heteroatoms. The Morgan fingerprint density at radius 2 is 1.72 bits per heavy atom. The highest BCUT2D eigenvalue weighted by Gasteiger charge is 2.27. The van der Waals surface area contributed by atoms with Crippen molar-refractivity contribution >= 4 is 28.6 Å². The summed E-state index contributed by atoms with van der Waals surface area (Å²) in [4.78, 5) is 40.4. The van der Waals surface area contributed by atoms with Gasteiger partial charge in [0.1, 0.15) is 11.6 Å². The van der Waals surface area contributed by atoms with E-state index in [0.717, 1.165) is 24.8 Å². The van der Waals surface area contributed by atoms with Gasteiger partial charge in [0.25, 0.3) is 11.7 Å². The highest BCUT2D eigenvalue weighted by molar-refractivity contribution is 6.42. The van der Waals surface area contributed by atoms with Gasteiger partial charge in [-0.1, -0.05) is 19.6 Å². The lowest BCUT2D eigenvalue weighted by atomic mass is 9.90. The highest BCUT2D eigenvalue weighted by Crippen LogP contribution is 2.30. The quantitative estimate of drug-likeness (QED) is 0.410. The van der Waals surface area contributed by atoms with Gasteiger partial charge in [0, 0.05) is 36.3 Å². The van der Waals surface area contributed by atoms with Crippen molar-refractivity contribution in [3.8, 4) is 5.75 Å². The van der Waals surface area contributed by atoms with Crippen LogP contribution in [0.15, 0.2) is 42.6 Å². The number of phenols is 1. The first-order valence-corrected chi connectivity index (χ1v) is 9.99. The molecule has 0 spiro atoms. The van der Waals surface area contributed by atoms with E-state index in [2.05, 4.69) is 4.98 Å². The lowest BCUT2D eigenvalue weighted by Gasteiger charge is -2.32. The third-order valence-electron chi connectivity index (χ3n) is 5.81. The molecule has 2 aromatic carbocycles. The van der Waals surface area contributed by atoms with Crippen LogP contribution < -0.4 is 0 Å². The van der Waals surface area contributed by atoms with Crippen LogP contribution in [0.3, 0.4) is 0 Å². The van der Waals surface area contributed by atoms with E-state index < -0.39 is 11.8 Å². The van der Waals surface area contributed by atoms with Gasteiger partial charge in [-0.25, -0.2) is 9.18 Å². The molecule has 3 N–H and O–H groups in total. The molecule has 4 rings (SSSR count). The van der Waals surface area contributed by atoms with Crippen molar-refractivity contribution in [1.82, 2.24) is 9.88 Å². The molecule has 0 aliphatic carbocycles.